The average molecular weight is 381 g/mol. The molecule has 0 unspecified atom stereocenters. The summed E-state index contributed by atoms with van der Waals surface area (Å²) >= 11 is 0. The molecule has 1 aliphatic carbocycles. The summed E-state index contributed by atoms with van der Waals surface area (Å²) in [6.07, 6.45) is 9.80. The standard InChI is InChI=1S/C27H28Si/c1-2-3-13-23-20-21-27(22-23)28(24-14-7-4-8-15-24,25-16-9-5-10-17-25)26-18-11-6-12-19-26/h4-12,14-20,22H,2-3,13,21H2,1H3. The Balaban J connectivity index is 1.95. The van der Waals surface area contributed by atoms with Crippen molar-refractivity contribution in [1.29, 1.82) is 0 Å². The fourth-order valence-electron chi connectivity index (χ4n) is 4.52. The molecule has 4 rings (SSSR count). The summed E-state index contributed by atoms with van der Waals surface area (Å²) < 4.78 is 0. The van der Waals surface area contributed by atoms with E-state index in [0.717, 1.165) is 6.42 Å². The van der Waals surface area contributed by atoms with Crippen molar-refractivity contribution < 1.29 is 0 Å². The molecular formula is C27H28Si. The van der Waals surface area contributed by atoms with E-state index in [9.17, 15) is 0 Å². The van der Waals surface area contributed by atoms with Crippen LogP contribution in [-0.4, -0.2) is 8.07 Å². The molecule has 0 aromatic heterocycles. The lowest BCUT2D eigenvalue weighted by molar-refractivity contribution is 0.798. The minimum atomic E-state index is -2.26. The fraction of sp³-hybridized carbons (Fsp3) is 0.185. The van der Waals surface area contributed by atoms with Gasteiger partial charge in [0.1, 0.15) is 0 Å². The van der Waals surface area contributed by atoms with Gasteiger partial charge in [-0.05, 0) is 34.8 Å². The lowest BCUT2D eigenvalue weighted by Gasteiger charge is -2.35. The van der Waals surface area contributed by atoms with E-state index in [0.29, 0.717) is 0 Å². The predicted octanol–water partition coefficient (Wildman–Crippen LogP) is 5.14. The molecule has 3 aromatic carbocycles. The second-order valence-corrected chi connectivity index (χ2v) is 11.5. The normalized spacial score (nSPS) is 13.9. The molecule has 0 amide bonds. The van der Waals surface area contributed by atoms with Crippen molar-refractivity contribution >= 4 is 23.6 Å². The average Bonchev–Trinajstić information content (AvgIpc) is 3.24. The molecule has 0 saturated heterocycles. The number of rotatable bonds is 7. The van der Waals surface area contributed by atoms with Gasteiger partial charge in [0.05, 0.1) is 0 Å². The molecule has 1 aliphatic rings. The first kappa shape index (κ1) is 18.7. The van der Waals surface area contributed by atoms with E-state index in [4.69, 9.17) is 0 Å². The summed E-state index contributed by atoms with van der Waals surface area (Å²) in [6.45, 7) is 2.27. The van der Waals surface area contributed by atoms with E-state index in [1.807, 2.05) is 0 Å². The zero-order chi connectivity index (χ0) is 19.2. The van der Waals surface area contributed by atoms with E-state index < -0.39 is 8.07 Å². The van der Waals surface area contributed by atoms with Crippen LogP contribution < -0.4 is 15.6 Å². The second kappa shape index (κ2) is 8.58. The van der Waals surface area contributed by atoms with E-state index in [1.54, 1.807) is 5.20 Å². The van der Waals surface area contributed by atoms with Crippen molar-refractivity contribution in [2.24, 2.45) is 0 Å². The molecule has 0 heterocycles. The lowest BCUT2D eigenvalue weighted by Crippen LogP contribution is -2.68. The van der Waals surface area contributed by atoms with Crippen LogP contribution in [0.2, 0.25) is 0 Å². The first-order valence-corrected chi connectivity index (χ1v) is 12.4. The van der Waals surface area contributed by atoms with Crippen molar-refractivity contribution in [3.05, 3.63) is 114 Å². The molecule has 0 atom stereocenters. The van der Waals surface area contributed by atoms with Crippen molar-refractivity contribution in [3.63, 3.8) is 0 Å². The van der Waals surface area contributed by atoms with Crippen molar-refractivity contribution in [2.45, 2.75) is 32.6 Å². The topological polar surface area (TPSA) is 0 Å². The summed E-state index contributed by atoms with van der Waals surface area (Å²) in [5.74, 6) is 0. The van der Waals surface area contributed by atoms with Gasteiger partial charge in [0.15, 0.2) is 8.07 Å². The molecule has 0 nitrogen and oxygen atoms in total. The van der Waals surface area contributed by atoms with Crippen LogP contribution >= 0.6 is 0 Å². The second-order valence-electron chi connectivity index (χ2n) is 7.60. The largest absolute Gasteiger partial charge is 0.175 e. The van der Waals surface area contributed by atoms with Gasteiger partial charge in [0.25, 0.3) is 0 Å². The third kappa shape index (κ3) is 3.43. The number of hydrogen-bond acceptors (Lipinski definition) is 0. The van der Waals surface area contributed by atoms with Crippen LogP contribution in [0, 0.1) is 0 Å². The Kier molecular flexibility index (Phi) is 5.73. The van der Waals surface area contributed by atoms with Gasteiger partial charge in [0.2, 0.25) is 0 Å². The minimum Gasteiger partial charge on any atom is -0.0776 e. The number of unbranched alkanes of at least 4 members (excludes halogenated alkanes) is 1. The molecule has 28 heavy (non-hydrogen) atoms. The quantitative estimate of drug-likeness (QED) is 0.393. The highest BCUT2D eigenvalue weighted by Crippen LogP contribution is 2.29. The van der Waals surface area contributed by atoms with Crippen molar-refractivity contribution in [3.8, 4) is 0 Å². The Bertz CT molecular complexity index is 856. The van der Waals surface area contributed by atoms with Crippen molar-refractivity contribution in [2.75, 3.05) is 0 Å². The highest BCUT2D eigenvalue weighted by molar-refractivity contribution is 7.16. The molecule has 0 radical (unpaired) electrons. The molecular weight excluding hydrogens is 352 g/mol. The summed E-state index contributed by atoms with van der Waals surface area (Å²) in [7, 11) is -2.26. The van der Waals surface area contributed by atoms with Gasteiger partial charge in [-0.2, -0.15) is 0 Å². The smallest absolute Gasteiger partial charge is 0.0776 e. The van der Waals surface area contributed by atoms with Gasteiger partial charge in [-0.15, -0.1) is 0 Å². The van der Waals surface area contributed by atoms with Gasteiger partial charge in [0, 0.05) is 0 Å². The number of benzene rings is 3. The van der Waals surface area contributed by atoms with Crippen LogP contribution in [-0.2, 0) is 0 Å². The molecule has 0 bridgehead atoms. The molecule has 0 aliphatic heterocycles. The molecule has 0 N–H and O–H groups in total. The predicted molar refractivity (Wildman–Crippen MR) is 124 cm³/mol. The zero-order valence-corrected chi connectivity index (χ0v) is 17.6. The van der Waals surface area contributed by atoms with Crippen LogP contribution in [0.4, 0.5) is 0 Å². The maximum Gasteiger partial charge on any atom is 0.175 e. The molecule has 0 saturated carbocycles. The first-order valence-electron chi connectivity index (χ1n) is 10.4. The van der Waals surface area contributed by atoms with E-state index in [-0.39, 0.29) is 0 Å². The molecule has 0 spiro atoms. The van der Waals surface area contributed by atoms with Gasteiger partial charge in [-0.3, -0.25) is 0 Å². The summed E-state index contributed by atoms with van der Waals surface area (Å²) in [4.78, 5) is 0. The summed E-state index contributed by atoms with van der Waals surface area (Å²) in [5.41, 5.74) is 1.52. The number of allylic oxidation sites excluding steroid dienone is 4. The Labute approximate surface area is 170 Å². The summed E-state index contributed by atoms with van der Waals surface area (Å²) in [5, 5.41) is 6.04. The van der Waals surface area contributed by atoms with Crippen LogP contribution in [0.25, 0.3) is 0 Å². The van der Waals surface area contributed by atoms with E-state index >= 15 is 0 Å². The van der Waals surface area contributed by atoms with Crippen LogP contribution in [0.15, 0.2) is 114 Å². The molecule has 3 aromatic rings. The number of hydrogen-bond donors (Lipinski definition) is 0. The maximum atomic E-state index is 2.54. The van der Waals surface area contributed by atoms with Crippen LogP contribution in [0.3, 0.4) is 0 Å². The van der Waals surface area contributed by atoms with E-state index in [1.165, 1.54) is 40.4 Å². The highest BCUT2D eigenvalue weighted by Gasteiger charge is 2.43. The van der Waals surface area contributed by atoms with Gasteiger partial charge < -0.3 is 0 Å². The molecule has 0 fully saturated rings. The maximum absolute atomic E-state index is 2.54. The Morgan fingerprint density at radius 1 is 0.679 bits per heavy atom. The monoisotopic (exact) mass is 380 g/mol. The molecule has 1 heteroatoms. The van der Waals surface area contributed by atoms with Crippen molar-refractivity contribution in [1.82, 2.24) is 0 Å². The SMILES string of the molecule is CCCCC1=CCC([Si](c2ccccc2)(c2ccccc2)c2ccccc2)=C1. The van der Waals surface area contributed by atoms with Crippen LogP contribution in [0.1, 0.15) is 32.6 Å². The van der Waals surface area contributed by atoms with Gasteiger partial charge in [-0.25, -0.2) is 0 Å². The highest BCUT2D eigenvalue weighted by atomic mass is 28.3. The Hall–Kier alpha value is -2.64. The summed E-state index contributed by atoms with van der Waals surface area (Å²) in [6, 6.07) is 33.7. The Morgan fingerprint density at radius 3 is 1.57 bits per heavy atom. The zero-order valence-electron chi connectivity index (χ0n) is 16.6. The van der Waals surface area contributed by atoms with Crippen LogP contribution in [0.5, 0.6) is 0 Å². The first-order chi connectivity index (χ1) is 13.9. The fourth-order valence-corrected chi connectivity index (χ4v) is 9.52. The molecule has 140 valence electrons. The van der Waals surface area contributed by atoms with Gasteiger partial charge >= 0.3 is 0 Å². The minimum absolute atomic E-state index is 1.07. The van der Waals surface area contributed by atoms with Gasteiger partial charge in [-0.1, -0.05) is 127 Å². The lowest BCUT2D eigenvalue weighted by atomic mass is 10.1. The van der Waals surface area contributed by atoms with E-state index in [2.05, 4.69) is 110 Å². The third-order valence-electron chi connectivity index (χ3n) is 5.86. The third-order valence-corrected chi connectivity index (χ3v) is 10.8. The Morgan fingerprint density at radius 2 is 1.14 bits per heavy atom.